The third-order valence-electron chi connectivity index (χ3n) is 7.06. The predicted molar refractivity (Wildman–Crippen MR) is 114 cm³/mol. The number of rotatable bonds is 4. The van der Waals surface area contributed by atoms with Gasteiger partial charge in [0.05, 0.1) is 11.1 Å². The van der Waals surface area contributed by atoms with Crippen LogP contribution in [0.1, 0.15) is 63.1 Å². The maximum atomic E-state index is 13.1. The van der Waals surface area contributed by atoms with Gasteiger partial charge in [0.1, 0.15) is 0 Å². The number of halogens is 6. The molecule has 2 heterocycles. The summed E-state index contributed by atoms with van der Waals surface area (Å²) in [6, 6.07) is 1.95. The molecule has 1 atom stereocenters. The van der Waals surface area contributed by atoms with E-state index in [4.69, 9.17) is 0 Å². The second kappa shape index (κ2) is 9.47. The molecule has 0 spiro atoms. The van der Waals surface area contributed by atoms with Gasteiger partial charge in [-0.1, -0.05) is 20.8 Å². The second-order valence-electron chi connectivity index (χ2n) is 10.3. The Balaban J connectivity index is 1.61. The molecule has 2 fully saturated rings. The van der Waals surface area contributed by atoms with Crippen molar-refractivity contribution in [1.29, 1.82) is 0 Å². The summed E-state index contributed by atoms with van der Waals surface area (Å²) in [5, 5.41) is 0. The maximum Gasteiger partial charge on any atom is 0.416 e. The molecular formula is C24H32F6N2O. The highest BCUT2D eigenvalue weighted by Gasteiger charge is 2.37. The molecule has 3 nitrogen and oxygen atoms in total. The zero-order valence-electron chi connectivity index (χ0n) is 19.3. The lowest BCUT2D eigenvalue weighted by molar-refractivity contribution is -0.143. The van der Waals surface area contributed by atoms with Crippen LogP contribution in [0.25, 0.3) is 0 Å². The van der Waals surface area contributed by atoms with Crippen LogP contribution in [0.3, 0.4) is 0 Å². The van der Waals surface area contributed by atoms with E-state index in [1.165, 1.54) is 0 Å². The van der Waals surface area contributed by atoms with Crippen molar-refractivity contribution < 1.29 is 31.1 Å². The van der Waals surface area contributed by atoms with Crippen LogP contribution < -0.4 is 0 Å². The largest absolute Gasteiger partial charge is 0.416 e. The molecule has 1 amide bonds. The number of piperidine rings is 2. The van der Waals surface area contributed by atoms with Crippen molar-refractivity contribution >= 4 is 5.91 Å². The van der Waals surface area contributed by atoms with E-state index in [0.29, 0.717) is 36.7 Å². The normalized spacial score (nSPS) is 21.8. The van der Waals surface area contributed by atoms with E-state index in [1.807, 2.05) is 0 Å². The Morgan fingerprint density at radius 3 is 1.88 bits per heavy atom. The van der Waals surface area contributed by atoms with Crippen molar-refractivity contribution in [2.24, 2.45) is 11.3 Å². The van der Waals surface area contributed by atoms with Crippen molar-refractivity contribution in [3.63, 3.8) is 0 Å². The Morgan fingerprint density at radius 1 is 0.939 bits per heavy atom. The minimum atomic E-state index is -4.89. The van der Waals surface area contributed by atoms with Crippen LogP contribution in [0, 0.1) is 11.3 Å². The molecule has 0 bridgehead atoms. The molecule has 9 heteroatoms. The lowest BCUT2D eigenvalue weighted by Crippen LogP contribution is -2.50. The molecule has 0 unspecified atom stereocenters. The molecule has 1 aromatic carbocycles. The van der Waals surface area contributed by atoms with Gasteiger partial charge in [-0.05, 0) is 74.4 Å². The molecule has 33 heavy (non-hydrogen) atoms. The molecule has 1 aromatic rings. The zero-order valence-corrected chi connectivity index (χ0v) is 19.3. The predicted octanol–water partition coefficient (Wildman–Crippen LogP) is 6.02. The lowest BCUT2D eigenvalue weighted by atomic mass is 9.82. The SMILES string of the molecule is C[C@H](Cc1cc(C(F)(F)F)cc(C(F)(F)F)c1)C(=O)N1CCC(N2CCC(C)(C)CC2)CC1. The first-order chi connectivity index (χ1) is 15.2. The summed E-state index contributed by atoms with van der Waals surface area (Å²) in [4.78, 5) is 17.1. The summed E-state index contributed by atoms with van der Waals surface area (Å²) >= 11 is 0. The van der Waals surface area contributed by atoms with Crippen LogP contribution in [-0.2, 0) is 23.6 Å². The van der Waals surface area contributed by atoms with Gasteiger partial charge in [0, 0.05) is 25.0 Å². The number of likely N-dealkylation sites (tertiary alicyclic amines) is 2. The summed E-state index contributed by atoms with van der Waals surface area (Å²) in [7, 11) is 0. The third kappa shape index (κ3) is 6.64. The van der Waals surface area contributed by atoms with Crippen molar-refractivity contribution in [1.82, 2.24) is 9.80 Å². The average Bonchev–Trinajstić information content (AvgIpc) is 2.72. The fourth-order valence-electron chi connectivity index (χ4n) is 4.84. The minimum Gasteiger partial charge on any atom is -0.342 e. The number of hydrogen-bond donors (Lipinski definition) is 0. The van der Waals surface area contributed by atoms with Crippen molar-refractivity contribution in [2.75, 3.05) is 26.2 Å². The van der Waals surface area contributed by atoms with Gasteiger partial charge in [-0.25, -0.2) is 0 Å². The maximum absolute atomic E-state index is 13.1. The molecule has 3 rings (SSSR count). The summed E-state index contributed by atoms with van der Waals surface area (Å²) < 4.78 is 78.7. The summed E-state index contributed by atoms with van der Waals surface area (Å²) in [6.45, 7) is 9.31. The van der Waals surface area contributed by atoms with Gasteiger partial charge in [0.2, 0.25) is 5.91 Å². The average molecular weight is 479 g/mol. The van der Waals surface area contributed by atoms with Gasteiger partial charge < -0.3 is 9.80 Å². The Hall–Kier alpha value is -1.77. The van der Waals surface area contributed by atoms with E-state index in [-0.39, 0.29) is 24.0 Å². The Bertz CT molecular complexity index is 798. The first-order valence-electron chi connectivity index (χ1n) is 11.5. The van der Waals surface area contributed by atoms with E-state index in [0.717, 1.165) is 38.8 Å². The molecule has 0 saturated carbocycles. The number of amides is 1. The van der Waals surface area contributed by atoms with E-state index in [1.54, 1.807) is 11.8 Å². The fourth-order valence-corrected chi connectivity index (χ4v) is 4.84. The lowest BCUT2D eigenvalue weighted by Gasteiger charge is -2.44. The summed E-state index contributed by atoms with van der Waals surface area (Å²) in [5.41, 5.74) is -2.48. The molecule has 0 aliphatic carbocycles. The Morgan fingerprint density at radius 2 is 1.42 bits per heavy atom. The second-order valence-corrected chi connectivity index (χ2v) is 10.3. The Labute approximate surface area is 191 Å². The monoisotopic (exact) mass is 478 g/mol. The topological polar surface area (TPSA) is 23.6 Å². The number of nitrogens with zero attached hydrogens (tertiary/aromatic N) is 2. The first-order valence-corrected chi connectivity index (χ1v) is 11.5. The molecule has 2 aliphatic rings. The van der Waals surface area contributed by atoms with Crippen LogP contribution in [-0.4, -0.2) is 47.9 Å². The molecule has 186 valence electrons. The first kappa shape index (κ1) is 25.8. The molecule has 0 N–H and O–H groups in total. The van der Waals surface area contributed by atoms with Gasteiger partial charge in [-0.15, -0.1) is 0 Å². The molecule has 0 aromatic heterocycles. The third-order valence-corrected chi connectivity index (χ3v) is 7.06. The minimum absolute atomic E-state index is 0.114. The highest BCUT2D eigenvalue weighted by Crippen LogP contribution is 2.37. The number of hydrogen-bond acceptors (Lipinski definition) is 2. The van der Waals surface area contributed by atoms with Gasteiger partial charge in [0.25, 0.3) is 0 Å². The fraction of sp³-hybridized carbons (Fsp3) is 0.708. The number of carbonyl (C=O) groups is 1. The van der Waals surface area contributed by atoms with Crippen molar-refractivity contribution in [2.45, 2.75) is 71.3 Å². The van der Waals surface area contributed by atoms with Crippen LogP contribution in [0.2, 0.25) is 0 Å². The highest BCUT2D eigenvalue weighted by atomic mass is 19.4. The molecule has 0 radical (unpaired) electrons. The van der Waals surface area contributed by atoms with Crippen LogP contribution in [0.15, 0.2) is 18.2 Å². The highest BCUT2D eigenvalue weighted by molar-refractivity contribution is 5.79. The number of alkyl halides is 6. The summed E-state index contributed by atoms with van der Waals surface area (Å²) in [6.07, 6.45) is -6.02. The van der Waals surface area contributed by atoms with Gasteiger partial charge >= 0.3 is 12.4 Å². The molecule has 2 aliphatic heterocycles. The van der Waals surface area contributed by atoms with E-state index >= 15 is 0 Å². The zero-order chi connectivity index (χ0) is 24.6. The Kier molecular flexibility index (Phi) is 7.42. The van der Waals surface area contributed by atoms with Crippen molar-refractivity contribution in [3.05, 3.63) is 34.9 Å². The quantitative estimate of drug-likeness (QED) is 0.495. The van der Waals surface area contributed by atoms with Gasteiger partial charge in [0.15, 0.2) is 0 Å². The smallest absolute Gasteiger partial charge is 0.342 e. The van der Waals surface area contributed by atoms with E-state index in [9.17, 15) is 31.1 Å². The van der Waals surface area contributed by atoms with E-state index in [2.05, 4.69) is 18.7 Å². The van der Waals surface area contributed by atoms with Crippen molar-refractivity contribution in [3.8, 4) is 0 Å². The summed E-state index contributed by atoms with van der Waals surface area (Å²) in [5.74, 6) is -0.930. The van der Waals surface area contributed by atoms with Crippen LogP contribution in [0.4, 0.5) is 26.3 Å². The standard InChI is InChI=1S/C24H32F6N2O/c1-16(12-17-13-18(23(25,26)27)15-19(14-17)24(28,29)30)21(33)32-8-4-20(5-9-32)31-10-6-22(2,3)7-11-31/h13-16,20H,4-12H2,1-3H3/t16-/m1/s1. The van der Waals surface area contributed by atoms with Crippen LogP contribution >= 0.6 is 0 Å². The molecule has 2 saturated heterocycles. The van der Waals surface area contributed by atoms with Gasteiger partial charge in [-0.2, -0.15) is 26.3 Å². The number of benzene rings is 1. The number of carbonyl (C=O) groups excluding carboxylic acids is 1. The molecular weight excluding hydrogens is 446 g/mol. The van der Waals surface area contributed by atoms with Crippen LogP contribution in [0.5, 0.6) is 0 Å². The van der Waals surface area contributed by atoms with E-state index < -0.39 is 29.4 Å². The van der Waals surface area contributed by atoms with Gasteiger partial charge in [-0.3, -0.25) is 4.79 Å².